The van der Waals surface area contributed by atoms with Gasteiger partial charge < -0.3 is 14.8 Å². The monoisotopic (exact) mass is 444 g/mol. The first-order valence-corrected chi connectivity index (χ1v) is 10.5. The number of pyridine rings is 1. The number of hydrazone groups is 1. The first-order chi connectivity index (χ1) is 16.1. The molecule has 3 aromatic rings. The van der Waals surface area contributed by atoms with Crippen molar-refractivity contribution in [3.05, 3.63) is 83.7 Å². The third-order valence-corrected chi connectivity index (χ3v) is 5.33. The summed E-state index contributed by atoms with van der Waals surface area (Å²) < 4.78 is 10.7. The highest BCUT2D eigenvalue weighted by molar-refractivity contribution is 6.05. The Morgan fingerprint density at radius 1 is 1.03 bits per heavy atom. The summed E-state index contributed by atoms with van der Waals surface area (Å²) in [5, 5.41) is 8.97. The van der Waals surface area contributed by atoms with Crippen LogP contribution in [0, 0.1) is 0 Å². The second kappa shape index (κ2) is 9.95. The first kappa shape index (κ1) is 22.0. The van der Waals surface area contributed by atoms with Crippen molar-refractivity contribution in [1.82, 2.24) is 9.99 Å². The van der Waals surface area contributed by atoms with E-state index < -0.39 is 0 Å². The average Bonchev–Trinajstić information content (AvgIpc) is 2.86. The summed E-state index contributed by atoms with van der Waals surface area (Å²) in [7, 11) is 3.16. The summed E-state index contributed by atoms with van der Waals surface area (Å²) in [6.07, 6.45) is 3.99. The van der Waals surface area contributed by atoms with Crippen LogP contribution in [0.15, 0.2) is 72.1 Å². The van der Waals surface area contributed by atoms with Crippen molar-refractivity contribution < 1.29 is 19.1 Å². The van der Waals surface area contributed by atoms with Crippen molar-refractivity contribution in [2.24, 2.45) is 5.10 Å². The van der Waals surface area contributed by atoms with E-state index in [4.69, 9.17) is 9.47 Å². The maximum absolute atomic E-state index is 12.6. The van der Waals surface area contributed by atoms with Gasteiger partial charge in [-0.25, -0.2) is 5.01 Å². The summed E-state index contributed by atoms with van der Waals surface area (Å²) >= 11 is 0. The number of amides is 2. The molecule has 2 amide bonds. The lowest BCUT2D eigenvalue weighted by Crippen LogP contribution is -2.32. The number of carbonyl (C=O) groups excluding carboxylic acids is 2. The van der Waals surface area contributed by atoms with Crippen molar-refractivity contribution >= 4 is 23.2 Å². The number of nitrogens with zero attached hydrogens (tertiary/aromatic N) is 3. The highest BCUT2D eigenvalue weighted by Crippen LogP contribution is 2.29. The predicted octanol–water partition coefficient (Wildman–Crippen LogP) is 3.88. The van der Waals surface area contributed by atoms with Crippen molar-refractivity contribution in [2.45, 2.75) is 19.4 Å². The van der Waals surface area contributed by atoms with Crippen LogP contribution in [0.3, 0.4) is 0 Å². The molecule has 0 aliphatic carbocycles. The quantitative estimate of drug-likeness (QED) is 0.597. The molecule has 0 bridgehead atoms. The van der Waals surface area contributed by atoms with E-state index >= 15 is 0 Å². The highest BCUT2D eigenvalue weighted by Gasteiger charge is 2.23. The Bertz CT molecular complexity index is 1190. The van der Waals surface area contributed by atoms with E-state index in [1.54, 1.807) is 38.6 Å². The van der Waals surface area contributed by atoms with Crippen LogP contribution in [0.4, 0.5) is 5.69 Å². The molecular formula is C25H24N4O4. The van der Waals surface area contributed by atoms with Crippen molar-refractivity contribution in [1.29, 1.82) is 0 Å². The van der Waals surface area contributed by atoms with Crippen LogP contribution in [-0.4, -0.2) is 41.7 Å². The molecule has 0 saturated carbocycles. The van der Waals surface area contributed by atoms with Gasteiger partial charge in [0.25, 0.3) is 5.91 Å². The number of para-hydroxylation sites is 1. The van der Waals surface area contributed by atoms with Crippen molar-refractivity contribution in [2.75, 3.05) is 19.5 Å². The van der Waals surface area contributed by atoms with Crippen LogP contribution < -0.4 is 14.8 Å². The van der Waals surface area contributed by atoms with E-state index in [2.05, 4.69) is 15.4 Å². The highest BCUT2D eigenvalue weighted by atomic mass is 16.5. The van der Waals surface area contributed by atoms with Crippen LogP contribution in [0.1, 0.15) is 34.3 Å². The maximum atomic E-state index is 12.6. The topological polar surface area (TPSA) is 93.1 Å². The number of rotatable bonds is 7. The number of methoxy groups -OCH3 is 2. The summed E-state index contributed by atoms with van der Waals surface area (Å²) in [6.45, 7) is 0.235. The molecule has 4 rings (SSSR count). The number of hydrogen-bond acceptors (Lipinski definition) is 6. The number of anilines is 1. The molecule has 168 valence electrons. The van der Waals surface area contributed by atoms with Crippen LogP contribution in [0.2, 0.25) is 0 Å². The van der Waals surface area contributed by atoms with Crippen LogP contribution in [-0.2, 0) is 11.3 Å². The standard InChI is InChI=1S/C25H24N4O4/c1-32-22-11-9-17(14-23(22)33-2)21-10-12-24(30)29(28-21)16-19-6-3-4-8-20(19)27-25(31)18-7-5-13-26-15-18/h3-9,11,13-15H,10,12,16H2,1-2H3,(H,27,31). The number of benzene rings is 2. The van der Waals surface area contributed by atoms with E-state index in [-0.39, 0.29) is 18.4 Å². The summed E-state index contributed by atoms with van der Waals surface area (Å²) in [5.41, 5.74) is 3.50. The zero-order valence-corrected chi connectivity index (χ0v) is 18.4. The van der Waals surface area contributed by atoms with E-state index in [1.165, 1.54) is 11.2 Å². The normalized spacial score (nSPS) is 13.3. The van der Waals surface area contributed by atoms with Crippen LogP contribution >= 0.6 is 0 Å². The molecule has 0 fully saturated rings. The third kappa shape index (κ3) is 5.01. The molecule has 1 aliphatic rings. The van der Waals surface area contributed by atoms with Crippen LogP contribution in [0.25, 0.3) is 0 Å². The largest absolute Gasteiger partial charge is 0.493 e. The Morgan fingerprint density at radius 3 is 2.61 bits per heavy atom. The molecule has 0 atom stereocenters. The lowest BCUT2D eigenvalue weighted by atomic mass is 10.0. The Morgan fingerprint density at radius 2 is 1.85 bits per heavy atom. The van der Waals surface area contributed by atoms with Gasteiger partial charge in [-0.1, -0.05) is 18.2 Å². The molecule has 8 heteroatoms. The first-order valence-electron chi connectivity index (χ1n) is 10.5. The van der Waals surface area contributed by atoms with E-state index in [0.717, 1.165) is 16.8 Å². The van der Waals surface area contributed by atoms with E-state index in [9.17, 15) is 9.59 Å². The smallest absolute Gasteiger partial charge is 0.257 e. The van der Waals surface area contributed by atoms with Gasteiger partial charge in [0.2, 0.25) is 5.91 Å². The molecule has 0 spiro atoms. The predicted molar refractivity (Wildman–Crippen MR) is 124 cm³/mol. The zero-order valence-electron chi connectivity index (χ0n) is 18.4. The fourth-order valence-electron chi connectivity index (χ4n) is 3.58. The molecule has 33 heavy (non-hydrogen) atoms. The molecule has 2 heterocycles. The molecule has 8 nitrogen and oxygen atoms in total. The summed E-state index contributed by atoms with van der Waals surface area (Å²) in [5.74, 6) is 0.885. The van der Waals surface area contributed by atoms with Gasteiger partial charge in [0, 0.05) is 36.5 Å². The van der Waals surface area contributed by atoms with Gasteiger partial charge in [0.1, 0.15) is 0 Å². The van der Waals surface area contributed by atoms with Gasteiger partial charge in [-0.3, -0.25) is 14.6 Å². The van der Waals surface area contributed by atoms with Crippen molar-refractivity contribution in [3.8, 4) is 11.5 Å². The van der Waals surface area contributed by atoms with E-state index in [1.807, 2.05) is 36.4 Å². The van der Waals surface area contributed by atoms with Crippen molar-refractivity contribution in [3.63, 3.8) is 0 Å². The minimum absolute atomic E-state index is 0.0763. The number of hydrogen-bond donors (Lipinski definition) is 1. The maximum Gasteiger partial charge on any atom is 0.257 e. The summed E-state index contributed by atoms with van der Waals surface area (Å²) in [4.78, 5) is 29.2. The fourth-order valence-corrected chi connectivity index (χ4v) is 3.58. The third-order valence-electron chi connectivity index (χ3n) is 5.33. The number of ether oxygens (including phenoxy) is 2. The van der Waals surface area contributed by atoms with Gasteiger partial charge in [-0.15, -0.1) is 0 Å². The van der Waals surface area contributed by atoms with E-state index in [0.29, 0.717) is 35.6 Å². The number of carbonyl (C=O) groups is 2. The molecule has 0 unspecified atom stereocenters. The van der Waals surface area contributed by atoms with Crippen LogP contribution in [0.5, 0.6) is 11.5 Å². The summed E-state index contributed by atoms with van der Waals surface area (Å²) in [6, 6.07) is 16.3. The molecule has 1 aromatic heterocycles. The Hall–Kier alpha value is -4.20. The lowest BCUT2D eigenvalue weighted by Gasteiger charge is -2.25. The second-order valence-electron chi connectivity index (χ2n) is 7.42. The number of aromatic nitrogens is 1. The molecule has 1 N–H and O–H groups in total. The minimum atomic E-state index is -0.268. The molecule has 0 saturated heterocycles. The molecular weight excluding hydrogens is 420 g/mol. The van der Waals surface area contributed by atoms with Gasteiger partial charge in [0.15, 0.2) is 11.5 Å². The SMILES string of the molecule is COc1ccc(C2=NN(Cc3ccccc3NC(=O)c3cccnc3)C(=O)CC2)cc1OC. The minimum Gasteiger partial charge on any atom is -0.493 e. The number of nitrogens with one attached hydrogen (secondary N) is 1. The van der Waals surface area contributed by atoms with Gasteiger partial charge in [-0.05, 0) is 42.0 Å². The fraction of sp³-hybridized carbons (Fsp3) is 0.200. The average molecular weight is 444 g/mol. The van der Waals surface area contributed by atoms with Gasteiger partial charge in [0.05, 0.1) is 32.0 Å². The Labute approximate surface area is 191 Å². The van der Waals surface area contributed by atoms with Gasteiger partial charge >= 0.3 is 0 Å². The second-order valence-corrected chi connectivity index (χ2v) is 7.42. The molecule has 0 radical (unpaired) electrons. The zero-order chi connectivity index (χ0) is 23.2. The Balaban J connectivity index is 1.57. The van der Waals surface area contributed by atoms with Gasteiger partial charge in [-0.2, -0.15) is 5.10 Å². The molecule has 2 aromatic carbocycles. The Kier molecular flexibility index (Phi) is 6.64. The molecule has 1 aliphatic heterocycles. The lowest BCUT2D eigenvalue weighted by molar-refractivity contribution is -0.132.